The maximum Gasteiger partial charge on any atom is 0.139 e. The summed E-state index contributed by atoms with van der Waals surface area (Å²) in [6.07, 6.45) is 1.26. The maximum absolute atomic E-state index is 13.0. The first-order valence-electron chi connectivity index (χ1n) is 5.65. The minimum atomic E-state index is -0.404. The maximum atomic E-state index is 13.0. The molecular formula is C12H18FN3O2S. The number of hydrogen-bond donors (Lipinski definition) is 2. The lowest BCUT2D eigenvalue weighted by Gasteiger charge is -2.18. The molecule has 7 heteroatoms. The zero-order valence-electron chi connectivity index (χ0n) is 10.9. The summed E-state index contributed by atoms with van der Waals surface area (Å²) in [6.45, 7) is 0.00119. The molecule has 0 aromatic heterocycles. The Morgan fingerprint density at radius 2 is 2.05 bits per heavy atom. The van der Waals surface area contributed by atoms with Gasteiger partial charge in [0, 0.05) is 6.54 Å². The van der Waals surface area contributed by atoms with Gasteiger partial charge in [-0.3, -0.25) is 5.21 Å². The molecule has 0 spiro atoms. The Balaban J connectivity index is 2.54. The van der Waals surface area contributed by atoms with Gasteiger partial charge < -0.3 is 10.5 Å². The molecule has 0 aliphatic heterocycles. The van der Waals surface area contributed by atoms with Gasteiger partial charge in [0.25, 0.3) is 0 Å². The third kappa shape index (κ3) is 5.93. The van der Waals surface area contributed by atoms with Crippen molar-refractivity contribution in [1.82, 2.24) is 4.31 Å². The third-order valence-corrected chi connectivity index (χ3v) is 2.71. The van der Waals surface area contributed by atoms with Gasteiger partial charge in [0.15, 0.2) is 0 Å². The topological polar surface area (TPSA) is 62.0 Å². The summed E-state index contributed by atoms with van der Waals surface area (Å²) in [4.78, 5) is 0. The molecule has 106 valence electrons. The van der Waals surface area contributed by atoms with Crippen molar-refractivity contribution in [3.05, 3.63) is 36.2 Å². The summed E-state index contributed by atoms with van der Waals surface area (Å²) in [6, 6.07) is 6.67. The average molecular weight is 287 g/mol. The van der Waals surface area contributed by atoms with Crippen molar-refractivity contribution < 1.29 is 14.3 Å². The van der Waals surface area contributed by atoms with Crippen LogP contribution in [0.5, 0.6) is 5.75 Å². The molecule has 19 heavy (non-hydrogen) atoms. The van der Waals surface area contributed by atoms with E-state index in [1.165, 1.54) is 6.08 Å². The van der Waals surface area contributed by atoms with Crippen LogP contribution >= 0.6 is 12.1 Å². The molecule has 0 aliphatic carbocycles. The Kier molecular flexibility index (Phi) is 6.65. The molecule has 0 heterocycles. The number of nitrogens with two attached hydrogens (primary N) is 1. The highest BCUT2D eigenvalue weighted by Gasteiger charge is 2.06. The summed E-state index contributed by atoms with van der Waals surface area (Å²) < 4.78 is 21.0. The van der Waals surface area contributed by atoms with E-state index in [0.29, 0.717) is 11.4 Å². The lowest BCUT2D eigenvalue weighted by molar-refractivity contribution is 0.317. The minimum absolute atomic E-state index is 0.147. The summed E-state index contributed by atoms with van der Waals surface area (Å²) in [7, 11) is 3.63. The molecule has 5 nitrogen and oxygen atoms in total. The lowest BCUT2D eigenvalue weighted by Crippen LogP contribution is -2.15. The van der Waals surface area contributed by atoms with Crippen LogP contribution in [-0.2, 0) is 0 Å². The number of hydrogen-bond acceptors (Lipinski definition) is 6. The lowest BCUT2D eigenvalue weighted by atomic mass is 10.3. The fourth-order valence-corrected chi connectivity index (χ4v) is 1.74. The summed E-state index contributed by atoms with van der Waals surface area (Å²) >= 11 is 1.14. The van der Waals surface area contributed by atoms with E-state index in [-0.39, 0.29) is 13.2 Å². The van der Waals surface area contributed by atoms with E-state index in [9.17, 15) is 9.60 Å². The number of nitrogens with zero attached hydrogens (tertiary/aromatic N) is 2. The molecule has 0 fully saturated rings. The van der Waals surface area contributed by atoms with Crippen LogP contribution in [0.3, 0.4) is 0 Å². The number of rotatable bonds is 7. The van der Waals surface area contributed by atoms with Gasteiger partial charge in [-0.2, -0.15) is 4.47 Å². The Hall–Kier alpha value is -1.28. The molecule has 0 bridgehead atoms. The summed E-state index contributed by atoms with van der Waals surface area (Å²) in [5.74, 6) is 0.117. The third-order valence-electron chi connectivity index (χ3n) is 2.01. The van der Waals surface area contributed by atoms with Crippen LogP contribution in [0.4, 0.5) is 10.1 Å². The molecule has 0 unspecified atom stereocenters. The van der Waals surface area contributed by atoms with Crippen molar-refractivity contribution >= 4 is 17.8 Å². The predicted octanol–water partition coefficient (Wildman–Crippen LogP) is 2.20. The Morgan fingerprint density at radius 3 is 2.58 bits per heavy atom. The van der Waals surface area contributed by atoms with Crippen LogP contribution in [0.1, 0.15) is 0 Å². The van der Waals surface area contributed by atoms with Crippen molar-refractivity contribution in [3.8, 4) is 5.75 Å². The zero-order chi connectivity index (χ0) is 14.3. The summed E-state index contributed by atoms with van der Waals surface area (Å²) in [5, 5.41) is 9.70. The molecule has 0 aliphatic rings. The van der Waals surface area contributed by atoms with Crippen molar-refractivity contribution in [3.63, 3.8) is 0 Å². The normalized spacial score (nSPS) is 11.8. The second kappa shape index (κ2) is 8.00. The fraction of sp³-hybridized carbons (Fsp3) is 0.333. The molecule has 1 aromatic rings. The number of halogens is 1. The first-order valence-corrected chi connectivity index (χ1v) is 6.38. The zero-order valence-corrected chi connectivity index (χ0v) is 11.7. The van der Waals surface area contributed by atoms with Gasteiger partial charge in [0.05, 0.1) is 17.8 Å². The first-order chi connectivity index (χ1) is 9.02. The number of benzene rings is 1. The van der Waals surface area contributed by atoms with Crippen molar-refractivity contribution in [1.29, 1.82) is 0 Å². The van der Waals surface area contributed by atoms with E-state index < -0.39 is 5.83 Å². The Labute approximate surface area is 116 Å². The molecule has 1 rings (SSSR count). The fourth-order valence-electron chi connectivity index (χ4n) is 1.21. The van der Waals surface area contributed by atoms with E-state index in [1.807, 2.05) is 14.1 Å². The quantitative estimate of drug-likeness (QED) is 0.592. The Bertz CT molecular complexity index is 412. The summed E-state index contributed by atoms with van der Waals surface area (Å²) in [5.41, 5.74) is 5.78. The van der Waals surface area contributed by atoms with Gasteiger partial charge >= 0.3 is 0 Å². The van der Waals surface area contributed by atoms with E-state index >= 15 is 0 Å². The largest absolute Gasteiger partial charge is 0.487 e. The molecule has 0 amide bonds. The standard InChI is InChI=1S/C12H18FN3O2S/c1-15(2)19-16(17)11-3-5-12(6-4-11)18-9-10(13)7-8-14/h3-7,17H,8-9,14H2,1-2H3/b10-7+. The van der Waals surface area contributed by atoms with Crippen LogP contribution in [0.25, 0.3) is 0 Å². The smallest absolute Gasteiger partial charge is 0.139 e. The second-order valence-corrected chi connectivity index (χ2v) is 5.08. The van der Waals surface area contributed by atoms with E-state index in [4.69, 9.17) is 10.5 Å². The van der Waals surface area contributed by atoms with Crippen LogP contribution in [0, 0.1) is 0 Å². The molecule has 3 N–H and O–H groups in total. The second-order valence-electron chi connectivity index (χ2n) is 3.84. The van der Waals surface area contributed by atoms with Crippen LogP contribution in [0.2, 0.25) is 0 Å². The van der Waals surface area contributed by atoms with Gasteiger partial charge in [-0.05, 0) is 44.4 Å². The highest BCUT2D eigenvalue weighted by molar-refractivity contribution is 7.98. The number of ether oxygens (including phenoxy) is 1. The van der Waals surface area contributed by atoms with Crippen molar-refractivity contribution in [2.24, 2.45) is 5.73 Å². The van der Waals surface area contributed by atoms with Gasteiger partial charge in [-0.25, -0.2) is 8.70 Å². The van der Waals surface area contributed by atoms with Gasteiger partial charge in [0.2, 0.25) is 0 Å². The average Bonchev–Trinajstić information content (AvgIpc) is 2.36. The minimum Gasteiger partial charge on any atom is -0.487 e. The molecule has 0 radical (unpaired) electrons. The molecule has 0 saturated carbocycles. The van der Waals surface area contributed by atoms with Crippen LogP contribution in [0.15, 0.2) is 36.2 Å². The SMILES string of the molecule is CN(C)SN(O)c1ccc(OC/C(F)=C\CN)cc1. The molecule has 0 atom stereocenters. The van der Waals surface area contributed by atoms with Gasteiger partial charge in [-0.15, -0.1) is 0 Å². The Morgan fingerprint density at radius 1 is 1.42 bits per heavy atom. The van der Waals surface area contributed by atoms with Crippen LogP contribution < -0.4 is 14.9 Å². The molecular weight excluding hydrogens is 269 g/mol. The van der Waals surface area contributed by atoms with Crippen molar-refractivity contribution in [2.45, 2.75) is 0 Å². The van der Waals surface area contributed by atoms with E-state index in [1.54, 1.807) is 28.6 Å². The van der Waals surface area contributed by atoms with E-state index in [0.717, 1.165) is 16.6 Å². The predicted molar refractivity (Wildman–Crippen MR) is 75.7 cm³/mol. The van der Waals surface area contributed by atoms with E-state index in [2.05, 4.69) is 0 Å². The molecule has 0 saturated heterocycles. The van der Waals surface area contributed by atoms with Gasteiger partial charge in [-0.1, -0.05) is 0 Å². The molecule has 1 aromatic carbocycles. The van der Waals surface area contributed by atoms with Crippen LogP contribution in [-0.4, -0.2) is 36.8 Å². The monoisotopic (exact) mass is 287 g/mol. The highest BCUT2D eigenvalue weighted by Crippen LogP contribution is 2.24. The first kappa shape index (κ1) is 15.8. The van der Waals surface area contributed by atoms with Gasteiger partial charge in [0.1, 0.15) is 18.2 Å². The number of anilines is 1. The highest BCUT2D eigenvalue weighted by atomic mass is 32.2. The van der Waals surface area contributed by atoms with Crippen molar-refractivity contribution in [2.75, 3.05) is 31.7 Å².